The van der Waals surface area contributed by atoms with Gasteiger partial charge >= 0.3 is 0 Å². The number of aliphatic hydroxyl groups is 1. The van der Waals surface area contributed by atoms with Crippen LogP contribution in [0.1, 0.15) is 6.42 Å². The normalized spacial score (nSPS) is 23.1. The number of anilines is 1. The third-order valence-corrected chi connectivity index (χ3v) is 2.20. The second kappa shape index (κ2) is 3.15. The van der Waals surface area contributed by atoms with E-state index in [-0.39, 0.29) is 6.10 Å². The monoisotopic (exact) mass is 162 g/mol. The quantitative estimate of drug-likeness (QED) is 0.667. The third kappa shape index (κ3) is 1.43. The molecule has 1 atom stereocenters. The fourth-order valence-electron chi connectivity index (χ4n) is 1.54. The second-order valence-corrected chi connectivity index (χ2v) is 3.14. The van der Waals surface area contributed by atoms with Gasteiger partial charge in [-0.05, 0) is 12.5 Å². The van der Waals surface area contributed by atoms with Gasteiger partial charge in [0.2, 0.25) is 0 Å². The predicted octanol–water partition coefficient (Wildman–Crippen LogP) is 1.06. The van der Waals surface area contributed by atoms with Gasteiger partial charge in [-0.15, -0.1) is 0 Å². The molecule has 0 amide bonds. The Morgan fingerprint density at radius 2 is 2.42 bits per heavy atom. The molecule has 12 heavy (non-hydrogen) atoms. The average Bonchev–Trinajstić information content (AvgIpc) is 2.54. The Kier molecular flexibility index (Phi) is 2.00. The van der Waals surface area contributed by atoms with Crippen LogP contribution in [0.5, 0.6) is 0 Å². The lowest BCUT2D eigenvalue weighted by Gasteiger charge is -2.16. The highest BCUT2D eigenvalue weighted by molar-refractivity contribution is 5.45. The van der Waals surface area contributed by atoms with E-state index in [0.717, 1.165) is 25.2 Å². The molecule has 0 bridgehead atoms. The summed E-state index contributed by atoms with van der Waals surface area (Å²) in [5.74, 6) is 0. The molecule has 1 radical (unpaired) electrons. The summed E-state index contributed by atoms with van der Waals surface area (Å²) >= 11 is 0. The van der Waals surface area contributed by atoms with E-state index in [1.54, 1.807) is 0 Å². The van der Waals surface area contributed by atoms with Gasteiger partial charge < -0.3 is 10.0 Å². The van der Waals surface area contributed by atoms with E-state index in [1.165, 1.54) is 0 Å². The first-order valence-electron chi connectivity index (χ1n) is 4.26. The molecule has 0 aliphatic carbocycles. The van der Waals surface area contributed by atoms with Crippen LogP contribution in [0.2, 0.25) is 0 Å². The van der Waals surface area contributed by atoms with Crippen molar-refractivity contribution in [2.45, 2.75) is 12.5 Å². The summed E-state index contributed by atoms with van der Waals surface area (Å²) < 4.78 is 0. The van der Waals surface area contributed by atoms with E-state index in [0.29, 0.717) is 0 Å². The van der Waals surface area contributed by atoms with E-state index < -0.39 is 0 Å². The maximum Gasteiger partial charge on any atom is 0.0731 e. The highest BCUT2D eigenvalue weighted by Gasteiger charge is 2.19. The fraction of sp³-hybridized carbons (Fsp3) is 0.400. The maximum absolute atomic E-state index is 9.31. The number of nitrogens with zero attached hydrogens (tertiary/aromatic N) is 1. The number of rotatable bonds is 1. The molecule has 0 saturated carbocycles. The van der Waals surface area contributed by atoms with Crippen molar-refractivity contribution in [1.82, 2.24) is 0 Å². The van der Waals surface area contributed by atoms with Crippen LogP contribution < -0.4 is 4.90 Å². The number of benzene rings is 1. The lowest BCUT2D eigenvalue weighted by molar-refractivity contribution is 0.198. The zero-order chi connectivity index (χ0) is 8.39. The summed E-state index contributed by atoms with van der Waals surface area (Å²) in [4.78, 5) is 2.16. The Hall–Kier alpha value is -1.02. The highest BCUT2D eigenvalue weighted by Crippen LogP contribution is 2.18. The molecule has 1 aliphatic rings. The van der Waals surface area contributed by atoms with Crippen molar-refractivity contribution in [3.8, 4) is 0 Å². The van der Waals surface area contributed by atoms with Crippen LogP contribution in [0.15, 0.2) is 24.3 Å². The van der Waals surface area contributed by atoms with Gasteiger partial charge in [0.1, 0.15) is 0 Å². The van der Waals surface area contributed by atoms with Crippen LogP contribution in [0.3, 0.4) is 0 Å². The Morgan fingerprint density at radius 3 is 3.00 bits per heavy atom. The van der Waals surface area contributed by atoms with Gasteiger partial charge in [-0.3, -0.25) is 0 Å². The third-order valence-electron chi connectivity index (χ3n) is 2.20. The fourth-order valence-corrected chi connectivity index (χ4v) is 1.54. The number of hydrogen-bond donors (Lipinski definition) is 1. The van der Waals surface area contributed by atoms with Crippen molar-refractivity contribution in [2.24, 2.45) is 0 Å². The standard InChI is InChI=1S/C10H12NO/c12-10-6-7-11(8-10)9-4-2-1-3-5-9/h1-4,10,12H,6-8H2/t10-/m0/s1. The highest BCUT2D eigenvalue weighted by atomic mass is 16.3. The van der Waals surface area contributed by atoms with E-state index in [1.807, 2.05) is 24.3 Å². The van der Waals surface area contributed by atoms with Crippen LogP contribution in [0.25, 0.3) is 0 Å². The SMILES string of the molecule is O[C@H]1CCN(c2[c]cccc2)C1. The molecule has 2 heteroatoms. The lowest BCUT2D eigenvalue weighted by atomic mass is 10.3. The van der Waals surface area contributed by atoms with E-state index in [2.05, 4.69) is 11.0 Å². The average molecular weight is 162 g/mol. The number of β-amino-alcohol motifs (C(OH)–C–C–N with tert-alkyl or cyclic N) is 1. The van der Waals surface area contributed by atoms with Crippen LogP contribution in [-0.2, 0) is 0 Å². The van der Waals surface area contributed by atoms with E-state index in [9.17, 15) is 5.11 Å². The Morgan fingerprint density at radius 1 is 1.50 bits per heavy atom. The molecule has 63 valence electrons. The van der Waals surface area contributed by atoms with Gasteiger partial charge in [0.15, 0.2) is 0 Å². The molecule has 0 aromatic heterocycles. The van der Waals surface area contributed by atoms with Crippen LogP contribution >= 0.6 is 0 Å². The van der Waals surface area contributed by atoms with Gasteiger partial charge in [-0.1, -0.05) is 18.2 Å². The van der Waals surface area contributed by atoms with Crippen molar-refractivity contribution in [1.29, 1.82) is 0 Å². The summed E-state index contributed by atoms with van der Waals surface area (Å²) in [6.07, 6.45) is 0.724. The van der Waals surface area contributed by atoms with Gasteiger partial charge in [0.05, 0.1) is 6.10 Å². The second-order valence-electron chi connectivity index (χ2n) is 3.14. The first-order valence-corrected chi connectivity index (χ1v) is 4.26. The molecular weight excluding hydrogens is 150 g/mol. The topological polar surface area (TPSA) is 23.5 Å². The first kappa shape index (κ1) is 7.62. The van der Waals surface area contributed by atoms with Gasteiger partial charge in [0.25, 0.3) is 0 Å². The Labute approximate surface area is 72.4 Å². The molecule has 1 fully saturated rings. The largest absolute Gasteiger partial charge is 0.391 e. The first-order chi connectivity index (χ1) is 5.86. The van der Waals surface area contributed by atoms with Crippen molar-refractivity contribution >= 4 is 5.69 Å². The summed E-state index contributed by atoms with van der Waals surface area (Å²) in [6.45, 7) is 1.70. The van der Waals surface area contributed by atoms with E-state index >= 15 is 0 Å². The lowest BCUT2D eigenvalue weighted by Crippen LogP contribution is -2.20. The maximum atomic E-state index is 9.31. The molecule has 2 nitrogen and oxygen atoms in total. The number of hydrogen-bond acceptors (Lipinski definition) is 2. The molecule has 1 N–H and O–H groups in total. The molecule has 0 unspecified atom stereocenters. The van der Waals surface area contributed by atoms with Crippen LogP contribution in [0.4, 0.5) is 5.69 Å². The minimum Gasteiger partial charge on any atom is -0.391 e. The smallest absolute Gasteiger partial charge is 0.0731 e. The minimum absolute atomic E-state index is 0.154. The molecule has 0 spiro atoms. The zero-order valence-corrected chi connectivity index (χ0v) is 6.90. The summed E-state index contributed by atoms with van der Waals surface area (Å²) in [7, 11) is 0. The van der Waals surface area contributed by atoms with Crippen LogP contribution in [0, 0.1) is 6.07 Å². The van der Waals surface area contributed by atoms with Crippen molar-refractivity contribution in [3.63, 3.8) is 0 Å². The summed E-state index contributed by atoms with van der Waals surface area (Å²) in [5, 5.41) is 9.31. The minimum atomic E-state index is -0.154. The molecule has 1 saturated heterocycles. The van der Waals surface area contributed by atoms with Gasteiger partial charge in [-0.25, -0.2) is 0 Å². The number of aliphatic hydroxyl groups excluding tert-OH is 1. The molecule has 1 aliphatic heterocycles. The van der Waals surface area contributed by atoms with Gasteiger partial charge in [0, 0.05) is 24.8 Å². The predicted molar refractivity (Wildman–Crippen MR) is 48.1 cm³/mol. The number of para-hydroxylation sites is 1. The van der Waals surface area contributed by atoms with Crippen molar-refractivity contribution in [3.05, 3.63) is 30.3 Å². The Bertz CT molecular complexity index is 247. The summed E-state index contributed by atoms with van der Waals surface area (Å²) in [5.41, 5.74) is 1.09. The molecular formula is C10H12NO. The molecule has 1 aromatic rings. The zero-order valence-electron chi connectivity index (χ0n) is 6.90. The van der Waals surface area contributed by atoms with Crippen molar-refractivity contribution < 1.29 is 5.11 Å². The molecule has 1 aromatic carbocycles. The van der Waals surface area contributed by atoms with Gasteiger partial charge in [-0.2, -0.15) is 0 Å². The van der Waals surface area contributed by atoms with Crippen LogP contribution in [-0.4, -0.2) is 24.3 Å². The molecule has 1 heterocycles. The van der Waals surface area contributed by atoms with E-state index in [4.69, 9.17) is 0 Å². The Balaban J connectivity index is 2.11. The summed E-state index contributed by atoms with van der Waals surface area (Å²) in [6, 6.07) is 11.0. The van der Waals surface area contributed by atoms with Crippen molar-refractivity contribution in [2.75, 3.05) is 18.0 Å². The molecule has 2 rings (SSSR count).